The fourth-order valence-corrected chi connectivity index (χ4v) is 2.23. The molecule has 0 aliphatic heterocycles. The average Bonchev–Trinajstić information content (AvgIpc) is 2.90. The van der Waals surface area contributed by atoms with Gasteiger partial charge >= 0.3 is 6.18 Å². The number of nitrogens with two attached hydrogens (primary N) is 1. The standard InChI is InChI=1S/C13H17F3N4/c14-13(15,16)9-4-3-7-11(8-9)19-12(20-17)18-10-5-1-2-6-10/h3-4,7-8,10H,1-2,5-6,17H2,(H2,18,19,20). The molecule has 7 heteroatoms. The maximum absolute atomic E-state index is 12.6. The number of anilines is 1. The molecule has 1 aromatic rings. The van der Waals surface area contributed by atoms with Crippen LogP contribution in [0.4, 0.5) is 18.9 Å². The van der Waals surface area contributed by atoms with Crippen LogP contribution < -0.4 is 16.6 Å². The molecule has 110 valence electrons. The molecule has 0 amide bonds. The Bertz CT molecular complexity index is 479. The van der Waals surface area contributed by atoms with Gasteiger partial charge < -0.3 is 5.32 Å². The van der Waals surface area contributed by atoms with Crippen LogP contribution in [0.25, 0.3) is 0 Å². The molecule has 4 nitrogen and oxygen atoms in total. The average molecular weight is 286 g/mol. The van der Waals surface area contributed by atoms with Crippen LogP contribution in [0.2, 0.25) is 0 Å². The number of guanidine groups is 1. The summed E-state index contributed by atoms with van der Waals surface area (Å²) in [6.07, 6.45) is -0.160. The third-order valence-corrected chi connectivity index (χ3v) is 3.23. The van der Waals surface area contributed by atoms with Crippen molar-refractivity contribution in [1.82, 2.24) is 5.43 Å². The number of hydrogen-bond acceptors (Lipinski definition) is 2. The van der Waals surface area contributed by atoms with Crippen molar-refractivity contribution in [3.8, 4) is 0 Å². The van der Waals surface area contributed by atoms with Crippen LogP contribution in [0.15, 0.2) is 29.3 Å². The number of benzene rings is 1. The number of aliphatic imine (C=N–C) groups is 1. The summed E-state index contributed by atoms with van der Waals surface area (Å²) in [6, 6.07) is 5.11. The van der Waals surface area contributed by atoms with Gasteiger partial charge in [-0.1, -0.05) is 18.9 Å². The molecule has 1 saturated carbocycles. The Morgan fingerprint density at radius 3 is 2.55 bits per heavy atom. The number of rotatable bonds is 2. The Balaban J connectivity index is 2.11. The van der Waals surface area contributed by atoms with Gasteiger partial charge in [0.25, 0.3) is 0 Å². The van der Waals surface area contributed by atoms with Gasteiger partial charge in [0.1, 0.15) is 0 Å². The lowest BCUT2D eigenvalue weighted by atomic mass is 10.2. The van der Waals surface area contributed by atoms with Crippen molar-refractivity contribution in [3.05, 3.63) is 29.8 Å². The Kier molecular flexibility index (Phi) is 4.49. The number of nitrogens with one attached hydrogen (secondary N) is 2. The quantitative estimate of drug-likeness (QED) is 0.339. The van der Waals surface area contributed by atoms with Gasteiger partial charge in [-0.3, -0.25) is 5.43 Å². The maximum Gasteiger partial charge on any atom is 0.416 e. The fraction of sp³-hybridized carbons (Fsp3) is 0.462. The van der Waals surface area contributed by atoms with Crippen molar-refractivity contribution in [2.24, 2.45) is 10.8 Å². The van der Waals surface area contributed by atoms with Gasteiger partial charge in [-0.05, 0) is 31.0 Å². The molecule has 0 unspecified atom stereocenters. The normalized spacial score (nSPS) is 17.3. The Morgan fingerprint density at radius 2 is 1.95 bits per heavy atom. The number of halogens is 3. The van der Waals surface area contributed by atoms with Crippen LogP contribution >= 0.6 is 0 Å². The molecule has 1 aromatic carbocycles. The third kappa shape index (κ3) is 3.86. The Hall–Kier alpha value is -1.76. The van der Waals surface area contributed by atoms with E-state index in [-0.39, 0.29) is 12.0 Å². The van der Waals surface area contributed by atoms with Crippen molar-refractivity contribution < 1.29 is 13.2 Å². The minimum Gasteiger partial charge on any atom is -0.325 e. The molecule has 1 fully saturated rings. The topological polar surface area (TPSA) is 62.4 Å². The Labute approximate surface area is 115 Å². The lowest BCUT2D eigenvalue weighted by molar-refractivity contribution is -0.137. The van der Waals surface area contributed by atoms with Crippen molar-refractivity contribution >= 4 is 11.6 Å². The van der Waals surface area contributed by atoms with Crippen LogP contribution in [0, 0.1) is 0 Å². The van der Waals surface area contributed by atoms with Gasteiger partial charge in [-0.15, -0.1) is 0 Å². The maximum atomic E-state index is 12.6. The number of nitrogens with zero attached hydrogens (tertiary/aromatic N) is 1. The van der Waals surface area contributed by atoms with E-state index in [4.69, 9.17) is 5.84 Å². The van der Waals surface area contributed by atoms with E-state index in [2.05, 4.69) is 15.7 Å². The first-order chi connectivity index (χ1) is 9.49. The van der Waals surface area contributed by atoms with Crippen LogP contribution in [0.1, 0.15) is 31.2 Å². The van der Waals surface area contributed by atoms with Crippen LogP contribution in [0.3, 0.4) is 0 Å². The van der Waals surface area contributed by atoms with Gasteiger partial charge in [-0.2, -0.15) is 13.2 Å². The van der Waals surface area contributed by atoms with E-state index in [1.807, 2.05) is 0 Å². The number of hydrogen-bond donors (Lipinski definition) is 3. The van der Waals surface area contributed by atoms with Crippen LogP contribution in [0.5, 0.6) is 0 Å². The largest absolute Gasteiger partial charge is 0.416 e. The lowest BCUT2D eigenvalue weighted by Crippen LogP contribution is -2.37. The molecule has 20 heavy (non-hydrogen) atoms. The highest BCUT2D eigenvalue weighted by Crippen LogP contribution is 2.30. The summed E-state index contributed by atoms with van der Waals surface area (Å²) >= 11 is 0. The zero-order valence-electron chi connectivity index (χ0n) is 10.9. The molecule has 0 saturated heterocycles. The van der Waals surface area contributed by atoms with Gasteiger partial charge in [-0.25, -0.2) is 10.8 Å². The number of hydrazine groups is 1. The van der Waals surface area contributed by atoms with E-state index in [0.717, 1.165) is 37.8 Å². The van der Waals surface area contributed by atoms with E-state index >= 15 is 0 Å². The first kappa shape index (κ1) is 14.6. The molecule has 0 radical (unpaired) electrons. The summed E-state index contributed by atoms with van der Waals surface area (Å²) in [7, 11) is 0. The molecule has 0 spiro atoms. The molecule has 0 aromatic heterocycles. The molecule has 0 heterocycles. The van der Waals surface area contributed by atoms with E-state index in [9.17, 15) is 13.2 Å². The zero-order chi connectivity index (χ0) is 14.6. The fourth-order valence-electron chi connectivity index (χ4n) is 2.23. The summed E-state index contributed by atoms with van der Waals surface area (Å²) < 4.78 is 37.8. The van der Waals surface area contributed by atoms with Crippen LogP contribution in [-0.2, 0) is 6.18 Å². The molecule has 1 aliphatic rings. The first-order valence-corrected chi connectivity index (χ1v) is 6.48. The van der Waals surface area contributed by atoms with E-state index in [1.165, 1.54) is 12.1 Å². The molecule has 1 aliphatic carbocycles. The predicted molar refractivity (Wildman–Crippen MR) is 72.1 cm³/mol. The molecule has 4 N–H and O–H groups in total. The highest BCUT2D eigenvalue weighted by molar-refractivity contribution is 5.93. The molecule has 0 bridgehead atoms. The van der Waals surface area contributed by atoms with Crippen molar-refractivity contribution in [2.75, 3.05) is 5.32 Å². The minimum atomic E-state index is -4.36. The highest BCUT2D eigenvalue weighted by atomic mass is 19.4. The monoisotopic (exact) mass is 286 g/mol. The van der Waals surface area contributed by atoms with Crippen molar-refractivity contribution in [2.45, 2.75) is 37.9 Å². The third-order valence-electron chi connectivity index (χ3n) is 3.23. The SMILES string of the molecule is NNC(=NC1CCCC1)Nc1cccc(C(F)(F)F)c1. The summed E-state index contributed by atoms with van der Waals surface area (Å²) in [5, 5.41) is 2.78. The summed E-state index contributed by atoms with van der Waals surface area (Å²) in [5.74, 6) is 5.65. The van der Waals surface area contributed by atoms with Gasteiger partial charge in [0.15, 0.2) is 0 Å². The van der Waals surface area contributed by atoms with E-state index < -0.39 is 11.7 Å². The predicted octanol–water partition coefficient (Wildman–Crippen LogP) is 2.88. The highest BCUT2D eigenvalue weighted by Gasteiger charge is 2.30. The zero-order valence-corrected chi connectivity index (χ0v) is 10.9. The first-order valence-electron chi connectivity index (χ1n) is 6.48. The summed E-state index contributed by atoms with van der Waals surface area (Å²) in [6.45, 7) is 0. The summed E-state index contributed by atoms with van der Waals surface area (Å²) in [4.78, 5) is 4.37. The second-order valence-electron chi connectivity index (χ2n) is 4.76. The van der Waals surface area contributed by atoms with Crippen LogP contribution in [-0.4, -0.2) is 12.0 Å². The van der Waals surface area contributed by atoms with Gasteiger partial charge in [0.05, 0.1) is 11.6 Å². The molecular weight excluding hydrogens is 269 g/mol. The molecule has 0 atom stereocenters. The van der Waals surface area contributed by atoms with Crippen molar-refractivity contribution in [3.63, 3.8) is 0 Å². The Morgan fingerprint density at radius 1 is 1.25 bits per heavy atom. The van der Waals surface area contributed by atoms with Gasteiger partial charge in [0, 0.05) is 5.69 Å². The van der Waals surface area contributed by atoms with E-state index in [0.29, 0.717) is 5.69 Å². The smallest absolute Gasteiger partial charge is 0.325 e. The van der Waals surface area contributed by atoms with Gasteiger partial charge in [0.2, 0.25) is 5.96 Å². The second-order valence-corrected chi connectivity index (χ2v) is 4.76. The lowest BCUT2D eigenvalue weighted by Gasteiger charge is -2.13. The summed E-state index contributed by atoms with van der Waals surface area (Å²) in [5.41, 5.74) is 1.99. The minimum absolute atomic E-state index is 0.180. The molecular formula is C13H17F3N4. The second kappa shape index (κ2) is 6.13. The number of alkyl halides is 3. The van der Waals surface area contributed by atoms with Crippen molar-refractivity contribution in [1.29, 1.82) is 0 Å². The molecule has 2 rings (SSSR count). The van der Waals surface area contributed by atoms with E-state index in [1.54, 1.807) is 0 Å².